The maximum atomic E-state index is 12.3. The third-order valence-corrected chi connectivity index (χ3v) is 5.26. The first kappa shape index (κ1) is 18.7. The van der Waals surface area contributed by atoms with Crippen molar-refractivity contribution in [3.05, 3.63) is 64.2 Å². The molecule has 7 nitrogen and oxygen atoms in total. The van der Waals surface area contributed by atoms with Gasteiger partial charge < -0.3 is 5.11 Å². The third kappa shape index (κ3) is 3.04. The fourth-order valence-corrected chi connectivity index (χ4v) is 3.92. The molecule has 29 heavy (non-hydrogen) atoms. The molecule has 0 amide bonds. The highest BCUT2D eigenvalue weighted by atomic mass is 16.4. The number of fused-ring (bicyclic) bond motifs is 1. The van der Waals surface area contributed by atoms with Gasteiger partial charge in [0.25, 0.3) is 0 Å². The van der Waals surface area contributed by atoms with Crippen molar-refractivity contribution in [2.75, 3.05) is 0 Å². The molecule has 2 aromatic heterocycles. The molecule has 4 rings (SSSR count). The van der Waals surface area contributed by atoms with Gasteiger partial charge in [-0.3, -0.25) is 18.6 Å². The van der Waals surface area contributed by atoms with Crippen LogP contribution in [-0.4, -0.2) is 30.0 Å². The molecule has 0 unspecified atom stereocenters. The molecular formula is C22H22N4O3. The number of imidazole rings is 1. The van der Waals surface area contributed by atoms with Gasteiger partial charge in [0.15, 0.2) is 0 Å². The Balaban J connectivity index is 2.02. The summed E-state index contributed by atoms with van der Waals surface area (Å²) in [6.07, 6.45) is 0. The summed E-state index contributed by atoms with van der Waals surface area (Å²) in [5.41, 5.74) is 6.81. The van der Waals surface area contributed by atoms with E-state index in [0.29, 0.717) is 0 Å². The van der Waals surface area contributed by atoms with Crippen molar-refractivity contribution < 1.29 is 9.90 Å². The van der Waals surface area contributed by atoms with Gasteiger partial charge in [-0.2, -0.15) is 5.10 Å². The van der Waals surface area contributed by atoms with Crippen LogP contribution < -0.4 is 5.69 Å². The molecule has 1 N–H and O–H groups in total. The number of rotatable bonds is 4. The largest absolute Gasteiger partial charge is 0.480 e. The Hall–Kier alpha value is -3.61. The van der Waals surface area contributed by atoms with E-state index in [-0.39, 0.29) is 12.2 Å². The van der Waals surface area contributed by atoms with Crippen LogP contribution in [0, 0.1) is 13.8 Å². The van der Waals surface area contributed by atoms with Crippen molar-refractivity contribution in [1.29, 1.82) is 0 Å². The predicted octanol–water partition coefficient (Wildman–Crippen LogP) is 3.11. The first-order valence-corrected chi connectivity index (χ1v) is 9.30. The molecule has 2 aromatic carbocycles. The van der Waals surface area contributed by atoms with Crippen molar-refractivity contribution in [1.82, 2.24) is 18.9 Å². The Morgan fingerprint density at radius 2 is 1.72 bits per heavy atom. The second-order valence-electron chi connectivity index (χ2n) is 7.33. The number of aliphatic carboxylic acids is 1. The number of carbonyl (C=O) groups is 1. The lowest BCUT2D eigenvalue weighted by molar-refractivity contribution is -0.137. The van der Waals surface area contributed by atoms with Gasteiger partial charge in [-0.05, 0) is 37.6 Å². The number of nitrogens with zero attached hydrogens (tertiary/aromatic N) is 4. The fraction of sp³-hybridized carbons (Fsp3) is 0.227. The standard InChI is InChI=1S/C22H22N4O3/c1-13-6-5-7-16(10-13)21-20(14(2)23-26(21)12-19(27)28)15-8-9-17-18(11-15)25(4)22(29)24(17)3/h5-11H,12H2,1-4H3,(H,27,28). The summed E-state index contributed by atoms with van der Waals surface area (Å²) < 4.78 is 4.76. The van der Waals surface area contributed by atoms with E-state index in [1.54, 1.807) is 23.2 Å². The van der Waals surface area contributed by atoms with Gasteiger partial charge in [-0.15, -0.1) is 0 Å². The predicted molar refractivity (Wildman–Crippen MR) is 112 cm³/mol. The average molecular weight is 390 g/mol. The lowest BCUT2D eigenvalue weighted by atomic mass is 9.97. The van der Waals surface area contributed by atoms with Crippen molar-refractivity contribution in [2.24, 2.45) is 14.1 Å². The molecule has 0 spiro atoms. The summed E-state index contributed by atoms with van der Waals surface area (Å²) >= 11 is 0. The van der Waals surface area contributed by atoms with E-state index < -0.39 is 5.97 Å². The van der Waals surface area contributed by atoms with E-state index in [9.17, 15) is 14.7 Å². The normalized spacial score (nSPS) is 11.3. The third-order valence-electron chi connectivity index (χ3n) is 5.26. The van der Waals surface area contributed by atoms with E-state index >= 15 is 0 Å². The van der Waals surface area contributed by atoms with Gasteiger partial charge in [0.1, 0.15) is 6.54 Å². The molecule has 148 valence electrons. The van der Waals surface area contributed by atoms with Gasteiger partial charge in [0, 0.05) is 25.2 Å². The van der Waals surface area contributed by atoms with E-state index in [2.05, 4.69) is 5.10 Å². The van der Waals surface area contributed by atoms with Gasteiger partial charge >= 0.3 is 11.7 Å². The minimum absolute atomic E-state index is 0.0886. The average Bonchev–Trinajstić information content (AvgIpc) is 3.10. The maximum Gasteiger partial charge on any atom is 0.328 e. The number of aromatic nitrogens is 4. The molecule has 0 fully saturated rings. The highest BCUT2D eigenvalue weighted by molar-refractivity contribution is 5.89. The minimum Gasteiger partial charge on any atom is -0.480 e. The topological polar surface area (TPSA) is 82.0 Å². The van der Waals surface area contributed by atoms with Crippen molar-refractivity contribution in [3.8, 4) is 22.4 Å². The highest BCUT2D eigenvalue weighted by Gasteiger charge is 2.21. The summed E-state index contributed by atoms with van der Waals surface area (Å²) in [6, 6.07) is 13.8. The molecule has 7 heteroatoms. The monoisotopic (exact) mass is 390 g/mol. The van der Waals surface area contributed by atoms with Crippen molar-refractivity contribution in [3.63, 3.8) is 0 Å². The molecular weight excluding hydrogens is 368 g/mol. The molecule has 4 aromatic rings. The first-order chi connectivity index (χ1) is 13.8. The Labute approximate surface area is 167 Å². The summed E-state index contributed by atoms with van der Waals surface area (Å²) in [5.74, 6) is -0.950. The smallest absolute Gasteiger partial charge is 0.328 e. The lowest BCUT2D eigenvalue weighted by Gasteiger charge is -2.10. The van der Waals surface area contributed by atoms with E-state index in [0.717, 1.165) is 44.7 Å². The van der Waals surface area contributed by atoms with Crippen LogP contribution in [0.1, 0.15) is 11.3 Å². The second kappa shape index (κ2) is 6.77. The van der Waals surface area contributed by atoms with Crippen LogP contribution in [0.4, 0.5) is 0 Å². The summed E-state index contributed by atoms with van der Waals surface area (Å²) in [4.78, 5) is 23.7. The number of benzene rings is 2. The zero-order valence-electron chi connectivity index (χ0n) is 16.8. The van der Waals surface area contributed by atoms with Crippen LogP contribution in [0.25, 0.3) is 33.4 Å². The maximum absolute atomic E-state index is 12.3. The zero-order chi connectivity index (χ0) is 20.9. The van der Waals surface area contributed by atoms with Gasteiger partial charge in [0.05, 0.1) is 22.4 Å². The van der Waals surface area contributed by atoms with Crippen molar-refractivity contribution in [2.45, 2.75) is 20.4 Å². The molecule has 0 atom stereocenters. The number of hydrogen-bond acceptors (Lipinski definition) is 3. The van der Waals surface area contributed by atoms with Gasteiger partial charge in [0.2, 0.25) is 0 Å². The van der Waals surface area contributed by atoms with Crippen LogP contribution in [0.15, 0.2) is 47.3 Å². The van der Waals surface area contributed by atoms with Crippen LogP contribution in [0.5, 0.6) is 0 Å². The van der Waals surface area contributed by atoms with Crippen LogP contribution >= 0.6 is 0 Å². The Bertz CT molecular complexity index is 1320. The van der Waals surface area contributed by atoms with Crippen LogP contribution in [-0.2, 0) is 25.4 Å². The van der Waals surface area contributed by atoms with Gasteiger partial charge in [-0.25, -0.2) is 4.79 Å². The van der Waals surface area contributed by atoms with E-state index in [4.69, 9.17) is 0 Å². The van der Waals surface area contributed by atoms with Gasteiger partial charge in [-0.1, -0.05) is 29.8 Å². The molecule has 0 radical (unpaired) electrons. The molecule has 0 aliphatic carbocycles. The number of carboxylic acid groups (broad SMARTS) is 1. The molecule has 0 aliphatic heterocycles. The Morgan fingerprint density at radius 3 is 2.41 bits per heavy atom. The quantitative estimate of drug-likeness (QED) is 0.580. The van der Waals surface area contributed by atoms with Crippen LogP contribution in [0.3, 0.4) is 0 Å². The number of carboxylic acids is 1. The Kier molecular flexibility index (Phi) is 4.38. The Morgan fingerprint density at radius 1 is 1.00 bits per heavy atom. The number of hydrogen-bond donors (Lipinski definition) is 1. The molecule has 0 aliphatic rings. The van der Waals surface area contributed by atoms with Crippen LogP contribution in [0.2, 0.25) is 0 Å². The molecule has 0 bridgehead atoms. The first-order valence-electron chi connectivity index (χ1n) is 9.30. The molecule has 0 saturated carbocycles. The van der Waals surface area contributed by atoms with E-state index in [1.807, 2.05) is 56.3 Å². The van der Waals surface area contributed by atoms with E-state index in [1.165, 1.54) is 4.68 Å². The second-order valence-corrected chi connectivity index (χ2v) is 7.33. The zero-order valence-corrected chi connectivity index (χ0v) is 16.8. The molecule has 2 heterocycles. The fourth-order valence-electron chi connectivity index (χ4n) is 3.92. The van der Waals surface area contributed by atoms with Crippen molar-refractivity contribution >= 4 is 17.0 Å². The highest BCUT2D eigenvalue weighted by Crippen LogP contribution is 2.36. The minimum atomic E-state index is -0.950. The summed E-state index contributed by atoms with van der Waals surface area (Å²) in [7, 11) is 3.50. The lowest BCUT2D eigenvalue weighted by Crippen LogP contribution is -2.19. The summed E-state index contributed by atoms with van der Waals surface area (Å²) in [6.45, 7) is 3.65. The number of aryl methyl sites for hydroxylation is 4. The summed E-state index contributed by atoms with van der Waals surface area (Å²) in [5, 5.41) is 13.9. The molecule has 0 saturated heterocycles. The SMILES string of the molecule is Cc1cccc(-c2c(-c3ccc4c(c3)n(C)c(=O)n4C)c(C)nn2CC(=O)O)c1.